The SMILES string of the molecule is C[C@@H]1CC(C)(C)N(C)c2cc(Cl)c(/C=N/Nc3ccc(C(=O)O)cc3)cc21. The summed E-state index contributed by atoms with van der Waals surface area (Å²) in [6, 6.07) is 10.5. The molecule has 0 unspecified atom stereocenters. The molecule has 1 heterocycles. The van der Waals surface area contributed by atoms with Gasteiger partial charge in [-0.25, -0.2) is 4.79 Å². The first-order chi connectivity index (χ1) is 12.7. The van der Waals surface area contributed by atoms with Crippen molar-refractivity contribution in [1.29, 1.82) is 0 Å². The number of aromatic carboxylic acids is 1. The number of carbonyl (C=O) groups is 1. The van der Waals surface area contributed by atoms with E-state index in [9.17, 15) is 4.79 Å². The van der Waals surface area contributed by atoms with Crippen molar-refractivity contribution in [3.8, 4) is 0 Å². The quantitative estimate of drug-likeness (QED) is 0.560. The van der Waals surface area contributed by atoms with Gasteiger partial charge in [0.05, 0.1) is 22.5 Å². The van der Waals surface area contributed by atoms with E-state index in [1.54, 1.807) is 18.3 Å². The second kappa shape index (κ2) is 7.24. The molecule has 0 saturated carbocycles. The van der Waals surface area contributed by atoms with Crippen molar-refractivity contribution in [2.24, 2.45) is 5.10 Å². The average Bonchev–Trinajstić information content (AvgIpc) is 2.61. The summed E-state index contributed by atoms with van der Waals surface area (Å²) in [6.45, 7) is 6.73. The van der Waals surface area contributed by atoms with E-state index in [-0.39, 0.29) is 11.1 Å². The molecule has 3 rings (SSSR count). The third-order valence-electron chi connectivity index (χ3n) is 5.28. The van der Waals surface area contributed by atoms with Crippen molar-refractivity contribution in [2.45, 2.75) is 38.6 Å². The number of carboxylic acid groups (broad SMARTS) is 1. The third kappa shape index (κ3) is 3.93. The van der Waals surface area contributed by atoms with Gasteiger partial charge in [-0.2, -0.15) is 5.10 Å². The highest BCUT2D eigenvalue weighted by Gasteiger charge is 2.34. The van der Waals surface area contributed by atoms with Crippen LogP contribution in [0.2, 0.25) is 5.02 Å². The minimum Gasteiger partial charge on any atom is -0.478 e. The fourth-order valence-electron chi connectivity index (χ4n) is 3.57. The number of fused-ring (bicyclic) bond motifs is 1. The fraction of sp³-hybridized carbons (Fsp3) is 0.333. The monoisotopic (exact) mass is 385 g/mol. The Kier molecular flexibility index (Phi) is 5.16. The molecule has 0 saturated heterocycles. The molecule has 0 amide bonds. The summed E-state index contributed by atoms with van der Waals surface area (Å²) in [6.07, 6.45) is 2.77. The zero-order valence-corrected chi connectivity index (χ0v) is 16.7. The van der Waals surface area contributed by atoms with Gasteiger partial charge >= 0.3 is 5.97 Å². The molecule has 0 aromatic heterocycles. The van der Waals surface area contributed by atoms with Crippen molar-refractivity contribution in [1.82, 2.24) is 0 Å². The van der Waals surface area contributed by atoms with Crippen LogP contribution >= 0.6 is 11.6 Å². The van der Waals surface area contributed by atoms with Gasteiger partial charge in [0.1, 0.15) is 0 Å². The first-order valence-electron chi connectivity index (χ1n) is 8.89. The van der Waals surface area contributed by atoms with Gasteiger partial charge in [0, 0.05) is 23.8 Å². The molecule has 1 atom stereocenters. The van der Waals surface area contributed by atoms with Gasteiger partial charge in [0.25, 0.3) is 0 Å². The van der Waals surface area contributed by atoms with Crippen LogP contribution < -0.4 is 10.3 Å². The molecule has 0 aliphatic carbocycles. The largest absolute Gasteiger partial charge is 0.478 e. The highest BCUT2D eigenvalue weighted by Crippen LogP contribution is 2.44. The number of rotatable bonds is 4. The van der Waals surface area contributed by atoms with Crippen LogP contribution in [0.3, 0.4) is 0 Å². The van der Waals surface area contributed by atoms with Crippen molar-refractivity contribution >= 4 is 35.2 Å². The number of hydrazone groups is 1. The fourth-order valence-corrected chi connectivity index (χ4v) is 3.77. The van der Waals surface area contributed by atoms with Crippen LogP contribution in [0.4, 0.5) is 11.4 Å². The Balaban J connectivity index is 1.81. The molecule has 1 aliphatic rings. The van der Waals surface area contributed by atoms with Crippen LogP contribution in [0.5, 0.6) is 0 Å². The van der Waals surface area contributed by atoms with E-state index in [2.05, 4.69) is 49.3 Å². The summed E-state index contributed by atoms with van der Waals surface area (Å²) in [4.78, 5) is 13.2. The minimum atomic E-state index is -0.951. The molecular formula is C21H24ClN3O2. The number of nitrogens with zero attached hydrogens (tertiary/aromatic N) is 2. The first kappa shape index (κ1) is 19.2. The zero-order chi connectivity index (χ0) is 19.8. The highest BCUT2D eigenvalue weighted by atomic mass is 35.5. The number of carboxylic acids is 1. The normalized spacial score (nSPS) is 18.4. The maximum absolute atomic E-state index is 10.9. The van der Waals surface area contributed by atoms with E-state index in [0.29, 0.717) is 16.6 Å². The maximum atomic E-state index is 10.9. The Labute approximate surface area is 164 Å². The Morgan fingerprint density at radius 1 is 1.33 bits per heavy atom. The van der Waals surface area contributed by atoms with Gasteiger partial charge in [0.15, 0.2) is 0 Å². The highest BCUT2D eigenvalue weighted by molar-refractivity contribution is 6.33. The van der Waals surface area contributed by atoms with Crippen molar-refractivity contribution < 1.29 is 9.90 Å². The van der Waals surface area contributed by atoms with Crippen LogP contribution in [0.15, 0.2) is 41.5 Å². The van der Waals surface area contributed by atoms with Crippen molar-refractivity contribution in [3.05, 3.63) is 58.1 Å². The maximum Gasteiger partial charge on any atom is 0.335 e. The molecule has 2 aromatic carbocycles. The summed E-state index contributed by atoms with van der Waals surface area (Å²) >= 11 is 6.49. The van der Waals surface area contributed by atoms with Crippen molar-refractivity contribution in [3.63, 3.8) is 0 Å². The molecule has 2 aromatic rings. The average molecular weight is 386 g/mol. The lowest BCUT2D eigenvalue weighted by molar-refractivity contribution is 0.0697. The lowest BCUT2D eigenvalue weighted by Crippen LogP contribution is -2.45. The predicted octanol–water partition coefficient (Wildman–Crippen LogP) is 5.21. The third-order valence-corrected chi connectivity index (χ3v) is 5.61. The molecule has 1 aliphatic heterocycles. The Hall–Kier alpha value is -2.53. The number of anilines is 2. The summed E-state index contributed by atoms with van der Waals surface area (Å²) in [5.41, 5.74) is 7.24. The summed E-state index contributed by atoms with van der Waals surface area (Å²) in [7, 11) is 2.11. The predicted molar refractivity (Wildman–Crippen MR) is 112 cm³/mol. The Morgan fingerprint density at radius 3 is 2.63 bits per heavy atom. The summed E-state index contributed by atoms with van der Waals surface area (Å²) in [5.74, 6) is -0.514. The van der Waals surface area contributed by atoms with Crippen LogP contribution in [-0.4, -0.2) is 29.9 Å². The van der Waals surface area contributed by atoms with Gasteiger partial charge in [-0.1, -0.05) is 18.5 Å². The van der Waals surface area contributed by atoms with Gasteiger partial charge in [-0.3, -0.25) is 5.43 Å². The summed E-state index contributed by atoms with van der Waals surface area (Å²) < 4.78 is 0. The topological polar surface area (TPSA) is 64.9 Å². The number of halogens is 1. The molecule has 0 fully saturated rings. The second-order valence-electron chi connectivity index (χ2n) is 7.66. The molecule has 0 bridgehead atoms. The number of hydrogen-bond donors (Lipinski definition) is 2. The van der Waals surface area contributed by atoms with Gasteiger partial charge < -0.3 is 10.0 Å². The molecule has 2 N–H and O–H groups in total. The van der Waals surface area contributed by atoms with Crippen LogP contribution in [0.1, 0.15) is 54.6 Å². The van der Waals surface area contributed by atoms with E-state index in [1.165, 1.54) is 17.7 Å². The van der Waals surface area contributed by atoms with Crippen LogP contribution in [0.25, 0.3) is 0 Å². The smallest absolute Gasteiger partial charge is 0.335 e. The molecule has 5 nitrogen and oxygen atoms in total. The molecular weight excluding hydrogens is 362 g/mol. The molecule has 0 spiro atoms. The Morgan fingerprint density at radius 2 is 2.00 bits per heavy atom. The number of hydrogen-bond acceptors (Lipinski definition) is 4. The van der Waals surface area contributed by atoms with Gasteiger partial charge in [0.2, 0.25) is 0 Å². The van der Waals surface area contributed by atoms with E-state index < -0.39 is 5.97 Å². The lowest BCUT2D eigenvalue weighted by Gasteiger charge is -2.45. The molecule has 6 heteroatoms. The second-order valence-corrected chi connectivity index (χ2v) is 8.07. The first-order valence-corrected chi connectivity index (χ1v) is 9.26. The van der Waals surface area contributed by atoms with Crippen molar-refractivity contribution in [2.75, 3.05) is 17.4 Å². The van der Waals surface area contributed by atoms with Gasteiger partial charge in [-0.15, -0.1) is 0 Å². The van der Waals surface area contributed by atoms with Crippen LogP contribution in [0, 0.1) is 0 Å². The standard InChI is InChI=1S/C21H24ClN3O2/c1-13-11-21(2,3)25(4)19-10-18(22)15(9-17(13)19)12-23-24-16-7-5-14(6-8-16)20(26)27/h5-10,12-13,24H,11H2,1-4H3,(H,26,27)/b23-12+/t13-/m1/s1. The number of benzene rings is 2. The van der Waals surface area contributed by atoms with E-state index >= 15 is 0 Å². The van der Waals surface area contributed by atoms with E-state index in [0.717, 1.165) is 17.7 Å². The van der Waals surface area contributed by atoms with E-state index in [4.69, 9.17) is 16.7 Å². The van der Waals surface area contributed by atoms with E-state index in [1.807, 2.05) is 6.07 Å². The lowest BCUT2D eigenvalue weighted by atomic mass is 9.80. The summed E-state index contributed by atoms with van der Waals surface area (Å²) in [5, 5.41) is 13.8. The van der Waals surface area contributed by atoms with Crippen LogP contribution in [-0.2, 0) is 0 Å². The molecule has 142 valence electrons. The number of nitrogens with one attached hydrogen (secondary N) is 1. The molecule has 27 heavy (non-hydrogen) atoms. The molecule has 0 radical (unpaired) electrons. The van der Waals surface area contributed by atoms with Gasteiger partial charge in [-0.05, 0) is 68.1 Å². The minimum absolute atomic E-state index is 0.0923. The Bertz CT molecular complexity index is 891. The zero-order valence-electron chi connectivity index (χ0n) is 16.0.